The van der Waals surface area contributed by atoms with Gasteiger partial charge in [-0.2, -0.15) is 0 Å². The normalized spacial score (nSPS) is 36.7. The van der Waals surface area contributed by atoms with Gasteiger partial charge in [-0.05, 0) is 44.6 Å². The van der Waals surface area contributed by atoms with E-state index in [9.17, 15) is 0 Å². The fourth-order valence-corrected chi connectivity index (χ4v) is 3.07. The van der Waals surface area contributed by atoms with Crippen LogP contribution in [-0.4, -0.2) is 12.1 Å². The second-order valence-electron chi connectivity index (χ2n) is 4.87. The summed E-state index contributed by atoms with van der Waals surface area (Å²) in [5.41, 5.74) is 0.550. The topological polar surface area (TPSA) is 12.0 Å². The van der Waals surface area contributed by atoms with Crippen molar-refractivity contribution in [2.24, 2.45) is 5.92 Å². The predicted molar refractivity (Wildman–Crippen MR) is 56.8 cm³/mol. The van der Waals surface area contributed by atoms with E-state index in [-0.39, 0.29) is 0 Å². The van der Waals surface area contributed by atoms with Crippen molar-refractivity contribution in [2.45, 2.75) is 63.8 Å². The van der Waals surface area contributed by atoms with E-state index in [0.717, 1.165) is 5.92 Å². The van der Waals surface area contributed by atoms with Gasteiger partial charge in [-0.15, -0.1) is 0 Å². The highest BCUT2D eigenvalue weighted by atomic mass is 15.0. The fraction of sp³-hybridized carbons (Fsp3) is 1.00. The molecule has 1 nitrogen and oxygen atoms in total. The highest BCUT2D eigenvalue weighted by Gasteiger charge is 2.39. The molecule has 1 saturated heterocycles. The minimum Gasteiger partial charge on any atom is -0.311 e. The van der Waals surface area contributed by atoms with Gasteiger partial charge in [0, 0.05) is 5.54 Å². The number of nitrogens with one attached hydrogen (secondary N) is 1. The lowest BCUT2D eigenvalue weighted by Gasteiger charge is -2.45. The van der Waals surface area contributed by atoms with Crippen molar-refractivity contribution in [1.29, 1.82) is 0 Å². The maximum absolute atomic E-state index is 3.85. The van der Waals surface area contributed by atoms with E-state index in [1.54, 1.807) is 0 Å². The zero-order valence-corrected chi connectivity index (χ0v) is 8.94. The average Bonchev–Trinajstić information content (AvgIpc) is 2.28. The first kappa shape index (κ1) is 9.51. The summed E-state index contributed by atoms with van der Waals surface area (Å²) in [6, 6.07) is 0. The molecule has 2 fully saturated rings. The van der Waals surface area contributed by atoms with Crippen LogP contribution in [0.25, 0.3) is 0 Å². The Kier molecular flexibility index (Phi) is 2.92. The highest BCUT2D eigenvalue weighted by Crippen LogP contribution is 2.41. The number of hydrogen-bond donors (Lipinski definition) is 1. The molecule has 1 saturated carbocycles. The molecule has 1 aliphatic carbocycles. The van der Waals surface area contributed by atoms with Gasteiger partial charge in [0.1, 0.15) is 0 Å². The van der Waals surface area contributed by atoms with Crippen molar-refractivity contribution in [1.82, 2.24) is 5.32 Å². The average molecular weight is 181 g/mol. The van der Waals surface area contributed by atoms with Crippen molar-refractivity contribution in [3.63, 3.8) is 0 Å². The molecule has 0 radical (unpaired) electrons. The van der Waals surface area contributed by atoms with Gasteiger partial charge in [-0.3, -0.25) is 0 Å². The quantitative estimate of drug-likeness (QED) is 0.690. The Labute approximate surface area is 82.3 Å². The molecule has 1 unspecified atom stereocenters. The first-order chi connectivity index (χ1) is 6.37. The molecule has 1 N–H and O–H groups in total. The highest BCUT2D eigenvalue weighted by molar-refractivity contribution is 4.97. The molecule has 0 aromatic rings. The monoisotopic (exact) mass is 181 g/mol. The molecule has 0 aromatic carbocycles. The molecule has 0 spiro atoms. The standard InChI is InChI=1S/C12H23N/c1-2-12(11-7-6-8-11)9-4-3-5-10-13-12/h11,13H,2-10H2,1H3. The zero-order chi connectivity index (χ0) is 9.15. The number of rotatable bonds is 2. The van der Waals surface area contributed by atoms with Crippen LogP contribution in [0, 0.1) is 5.92 Å². The Bertz CT molecular complexity index is 153. The van der Waals surface area contributed by atoms with Crippen LogP contribution in [-0.2, 0) is 0 Å². The van der Waals surface area contributed by atoms with Crippen LogP contribution in [0.1, 0.15) is 58.3 Å². The van der Waals surface area contributed by atoms with Crippen LogP contribution < -0.4 is 5.32 Å². The number of hydrogen-bond acceptors (Lipinski definition) is 1. The predicted octanol–water partition coefficient (Wildman–Crippen LogP) is 3.10. The maximum atomic E-state index is 3.85. The van der Waals surface area contributed by atoms with Crippen LogP contribution in [0.15, 0.2) is 0 Å². The summed E-state index contributed by atoms with van der Waals surface area (Å²) >= 11 is 0. The van der Waals surface area contributed by atoms with Gasteiger partial charge in [0.15, 0.2) is 0 Å². The molecule has 76 valence electrons. The van der Waals surface area contributed by atoms with Gasteiger partial charge in [0.25, 0.3) is 0 Å². The van der Waals surface area contributed by atoms with Gasteiger partial charge in [-0.25, -0.2) is 0 Å². The van der Waals surface area contributed by atoms with Gasteiger partial charge in [0.2, 0.25) is 0 Å². The van der Waals surface area contributed by atoms with E-state index in [0.29, 0.717) is 5.54 Å². The summed E-state index contributed by atoms with van der Waals surface area (Å²) in [5, 5.41) is 3.85. The second kappa shape index (κ2) is 4.00. The lowest BCUT2D eigenvalue weighted by Crippen LogP contribution is -2.52. The third kappa shape index (κ3) is 1.76. The van der Waals surface area contributed by atoms with Crippen molar-refractivity contribution in [3.05, 3.63) is 0 Å². The summed E-state index contributed by atoms with van der Waals surface area (Å²) in [7, 11) is 0. The van der Waals surface area contributed by atoms with Gasteiger partial charge in [0.05, 0.1) is 0 Å². The van der Waals surface area contributed by atoms with Crippen molar-refractivity contribution in [3.8, 4) is 0 Å². The van der Waals surface area contributed by atoms with Crippen LogP contribution >= 0.6 is 0 Å². The summed E-state index contributed by atoms with van der Waals surface area (Å²) in [5.74, 6) is 1.01. The molecule has 0 amide bonds. The van der Waals surface area contributed by atoms with E-state index in [1.807, 2.05) is 0 Å². The Morgan fingerprint density at radius 1 is 1.15 bits per heavy atom. The van der Waals surface area contributed by atoms with Gasteiger partial charge < -0.3 is 5.32 Å². The lowest BCUT2D eigenvalue weighted by molar-refractivity contribution is 0.116. The Morgan fingerprint density at radius 2 is 2.00 bits per heavy atom. The molecule has 0 bridgehead atoms. The first-order valence-corrected chi connectivity index (χ1v) is 6.12. The summed E-state index contributed by atoms with van der Waals surface area (Å²) < 4.78 is 0. The zero-order valence-electron chi connectivity index (χ0n) is 8.94. The third-order valence-corrected chi connectivity index (χ3v) is 4.29. The second-order valence-corrected chi connectivity index (χ2v) is 4.87. The largest absolute Gasteiger partial charge is 0.311 e. The minimum absolute atomic E-state index is 0.550. The Hall–Kier alpha value is -0.0400. The molecular formula is C12H23N. The maximum Gasteiger partial charge on any atom is 0.0207 e. The molecule has 1 heterocycles. The summed E-state index contributed by atoms with van der Waals surface area (Å²) in [4.78, 5) is 0. The molecule has 0 aromatic heterocycles. The molecule has 1 atom stereocenters. The molecule has 2 rings (SSSR count). The van der Waals surface area contributed by atoms with E-state index in [2.05, 4.69) is 12.2 Å². The molecule has 1 heteroatoms. The first-order valence-electron chi connectivity index (χ1n) is 6.12. The minimum atomic E-state index is 0.550. The molecule has 13 heavy (non-hydrogen) atoms. The van der Waals surface area contributed by atoms with E-state index in [4.69, 9.17) is 0 Å². The smallest absolute Gasteiger partial charge is 0.0207 e. The SMILES string of the molecule is CCC1(C2CCC2)CCCCCN1. The molecule has 1 aliphatic heterocycles. The van der Waals surface area contributed by atoms with E-state index in [1.165, 1.54) is 57.9 Å². The molecule has 2 aliphatic rings. The third-order valence-electron chi connectivity index (χ3n) is 4.29. The summed E-state index contributed by atoms with van der Waals surface area (Å²) in [6.07, 6.45) is 11.5. The van der Waals surface area contributed by atoms with Crippen LogP contribution in [0.5, 0.6) is 0 Å². The van der Waals surface area contributed by atoms with Crippen molar-refractivity contribution in [2.75, 3.05) is 6.54 Å². The van der Waals surface area contributed by atoms with E-state index >= 15 is 0 Å². The van der Waals surface area contributed by atoms with Crippen molar-refractivity contribution < 1.29 is 0 Å². The van der Waals surface area contributed by atoms with Crippen molar-refractivity contribution >= 4 is 0 Å². The van der Waals surface area contributed by atoms with Crippen LogP contribution in [0.3, 0.4) is 0 Å². The Balaban J connectivity index is 2.01. The van der Waals surface area contributed by atoms with Crippen LogP contribution in [0.4, 0.5) is 0 Å². The van der Waals surface area contributed by atoms with Crippen LogP contribution in [0.2, 0.25) is 0 Å². The summed E-state index contributed by atoms with van der Waals surface area (Å²) in [6.45, 7) is 3.64. The molecular weight excluding hydrogens is 158 g/mol. The fourth-order valence-electron chi connectivity index (χ4n) is 3.07. The lowest BCUT2D eigenvalue weighted by atomic mass is 9.67. The van der Waals surface area contributed by atoms with Gasteiger partial charge >= 0.3 is 0 Å². The van der Waals surface area contributed by atoms with Gasteiger partial charge in [-0.1, -0.05) is 26.2 Å². The van der Waals surface area contributed by atoms with E-state index < -0.39 is 0 Å². The Morgan fingerprint density at radius 3 is 2.62 bits per heavy atom.